The van der Waals surface area contributed by atoms with E-state index >= 15 is 0 Å². The molecule has 164 valence electrons. The van der Waals surface area contributed by atoms with E-state index < -0.39 is 0 Å². The zero-order valence-corrected chi connectivity index (χ0v) is 19.7. The molecule has 2 heterocycles. The van der Waals surface area contributed by atoms with E-state index in [0.29, 0.717) is 17.4 Å². The largest absolute Gasteiger partial charge is 0.396 e. The maximum Gasteiger partial charge on any atom is 0.0431 e. The molecule has 0 amide bonds. The molecule has 2 saturated heterocycles. The van der Waals surface area contributed by atoms with Crippen molar-refractivity contribution in [2.75, 3.05) is 13.2 Å². The lowest BCUT2D eigenvalue weighted by atomic mass is 9.48. The summed E-state index contributed by atoms with van der Waals surface area (Å²) in [5.41, 5.74) is 2.49. The van der Waals surface area contributed by atoms with Gasteiger partial charge in [0.1, 0.15) is 0 Å². The number of hydrogen-bond acceptors (Lipinski definition) is 2. The quantitative estimate of drug-likeness (QED) is 0.597. The van der Waals surface area contributed by atoms with E-state index in [2.05, 4.69) is 45.6 Å². The van der Waals surface area contributed by atoms with Crippen LogP contribution in [0.4, 0.5) is 0 Å². The molecule has 0 aromatic heterocycles. The predicted molar refractivity (Wildman–Crippen MR) is 121 cm³/mol. The van der Waals surface area contributed by atoms with Gasteiger partial charge in [0.15, 0.2) is 0 Å². The number of rotatable bonds is 3. The van der Waals surface area contributed by atoms with Gasteiger partial charge in [-0.1, -0.05) is 39.3 Å². The summed E-state index contributed by atoms with van der Waals surface area (Å²) in [6, 6.07) is 1.74. The minimum atomic E-state index is 0.318. The lowest BCUT2D eigenvalue weighted by molar-refractivity contribution is -0.0470. The van der Waals surface area contributed by atoms with Gasteiger partial charge < -0.3 is 5.11 Å². The Morgan fingerprint density at radius 1 is 1.10 bits per heavy atom. The number of aliphatic hydroxyl groups is 1. The second kappa shape index (κ2) is 7.09. The third-order valence-corrected chi connectivity index (χ3v) is 11.3. The molecule has 0 bridgehead atoms. The van der Waals surface area contributed by atoms with Crippen LogP contribution in [0.25, 0.3) is 0 Å². The van der Waals surface area contributed by atoms with Crippen LogP contribution in [-0.4, -0.2) is 35.2 Å². The number of allylic oxidation sites excluding steroid dienone is 2. The summed E-state index contributed by atoms with van der Waals surface area (Å²) < 4.78 is 0. The normalized spacial score (nSPS) is 54.3. The Bertz CT molecular complexity index is 671. The SMILES string of the molecule is CC1=CCC2C3CC4C(C(C)C5CCC(C)CN54)[C@@]3(C)CCC2[C@@]1(C)CCCO. The average molecular weight is 400 g/mol. The molecular formula is C27H45NO. The van der Waals surface area contributed by atoms with Gasteiger partial charge in [-0.25, -0.2) is 0 Å². The van der Waals surface area contributed by atoms with Gasteiger partial charge >= 0.3 is 0 Å². The Morgan fingerprint density at radius 3 is 2.66 bits per heavy atom. The molecule has 3 aliphatic carbocycles. The van der Waals surface area contributed by atoms with Crippen molar-refractivity contribution in [2.45, 2.75) is 98.1 Å². The number of hydrogen-bond donors (Lipinski definition) is 1. The van der Waals surface area contributed by atoms with Gasteiger partial charge in [-0.2, -0.15) is 0 Å². The minimum absolute atomic E-state index is 0.318. The maximum atomic E-state index is 9.53. The lowest BCUT2D eigenvalue weighted by Gasteiger charge is -2.57. The molecule has 2 aliphatic heterocycles. The standard InChI is InChI=1S/C27H45NO/c1-17-7-10-23-19(3)25-24(28(23)16-17)15-22-20-9-8-18(2)26(4,12-6-14-29)21(20)11-13-27(22,25)5/h8,17,19-25,29H,6-7,9-16H2,1-5H3/t17?,19?,20?,21?,22?,23?,24?,25?,26-,27-/m0/s1. The highest BCUT2D eigenvalue weighted by Crippen LogP contribution is 2.69. The molecule has 5 rings (SSSR count). The number of nitrogens with zero attached hydrogens (tertiary/aromatic N) is 1. The van der Waals surface area contributed by atoms with E-state index in [1.165, 1.54) is 51.5 Å². The molecule has 5 aliphatic rings. The fraction of sp³-hybridized carbons (Fsp3) is 0.926. The van der Waals surface area contributed by atoms with E-state index in [1.807, 2.05) is 0 Å². The van der Waals surface area contributed by atoms with Crippen LogP contribution in [0, 0.1) is 46.3 Å². The lowest BCUT2D eigenvalue weighted by Crippen LogP contribution is -2.50. The molecule has 2 nitrogen and oxygen atoms in total. The van der Waals surface area contributed by atoms with Crippen LogP contribution >= 0.6 is 0 Å². The average Bonchev–Trinajstić information content (AvgIpc) is 3.16. The topological polar surface area (TPSA) is 23.5 Å². The van der Waals surface area contributed by atoms with Crippen molar-refractivity contribution < 1.29 is 5.11 Å². The first-order valence-electron chi connectivity index (χ1n) is 12.8. The van der Waals surface area contributed by atoms with E-state index in [1.54, 1.807) is 5.57 Å². The van der Waals surface area contributed by atoms with Gasteiger partial charge in [0.05, 0.1) is 0 Å². The fourth-order valence-electron chi connectivity index (χ4n) is 9.81. The number of fused-ring (bicyclic) bond motifs is 7. The first-order chi connectivity index (χ1) is 13.8. The van der Waals surface area contributed by atoms with Crippen molar-refractivity contribution in [3.8, 4) is 0 Å². The van der Waals surface area contributed by atoms with Crippen LogP contribution < -0.4 is 0 Å². The Morgan fingerprint density at radius 2 is 1.90 bits per heavy atom. The van der Waals surface area contributed by atoms with Crippen LogP contribution in [0.15, 0.2) is 11.6 Å². The van der Waals surface area contributed by atoms with E-state index in [-0.39, 0.29) is 0 Å². The van der Waals surface area contributed by atoms with Crippen molar-refractivity contribution in [1.82, 2.24) is 4.90 Å². The third kappa shape index (κ3) is 2.80. The summed E-state index contributed by atoms with van der Waals surface area (Å²) in [7, 11) is 0. The molecule has 4 fully saturated rings. The van der Waals surface area contributed by atoms with Crippen molar-refractivity contribution in [2.24, 2.45) is 46.3 Å². The van der Waals surface area contributed by atoms with Crippen molar-refractivity contribution in [3.63, 3.8) is 0 Å². The van der Waals surface area contributed by atoms with Crippen molar-refractivity contribution >= 4 is 0 Å². The molecular weight excluding hydrogens is 354 g/mol. The molecule has 0 radical (unpaired) electrons. The summed E-state index contributed by atoms with van der Waals surface area (Å²) >= 11 is 0. The van der Waals surface area contributed by atoms with Crippen molar-refractivity contribution in [3.05, 3.63) is 11.6 Å². The summed E-state index contributed by atoms with van der Waals surface area (Å²) in [6.07, 6.45) is 13.3. The Labute approximate surface area is 179 Å². The molecule has 0 spiro atoms. The molecule has 2 heteroatoms. The van der Waals surface area contributed by atoms with Gasteiger partial charge in [-0.05, 0) is 105 Å². The fourth-order valence-corrected chi connectivity index (χ4v) is 9.81. The zero-order chi connectivity index (χ0) is 20.6. The summed E-state index contributed by atoms with van der Waals surface area (Å²) in [5, 5.41) is 9.53. The molecule has 10 atom stereocenters. The summed E-state index contributed by atoms with van der Waals surface area (Å²) in [6.45, 7) is 14.4. The monoisotopic (exact) mass is 399 g/mol. The van der Waals surface area contributed by atoms with Gasteiger partial charge in [0, 0.05) is 25.2 Å². The van der Waals surface area contributed by atoms with Gasteiger partial charge in [0.25, 0.3) is 0 Å². The number of piperidine rings is 1. The van der Waals surface area contributed by atoms with Crippen LogP contribution in [-0.2, 0) is 0 Å². The molecule has 8 unspecified atom stereocenters. The highest BCUT2D eigenvalue weighted by Gasteiger charge is 2.65. The predicted octanol–water partition coefficient (Wildman–Crippen LogP) is 5.90. The van der Waals surface area contributed by atoms with Crippen LogP contribution in [0.3, 0.4) is 0 Å². The van der Waals surface area contributed by atoms with Crippen molar-refractivity contribution in [1.29, 1.82) is 0 Å². The first kappa shape index (κ1) is 20.6. The van der Waals surface area contributed by atoms with Gasteiger partial charge in [-0.15, -0.1) is 0 Å². The third-order valence-electron chi connectivity index (χ3n) is 11.3. The minimum Gasteiger partial charge on any atom is -0.396 e. The van der Waals surface area contributed by atoms with Crippen LogP contribution in [0.5, 0.6) is 0 Å². The second-order valence-electron chi connectivity index (χ2n) is 12.4. The van der Waals surface area contributed by atoms with E-state index in [0.717, 1.165) is 54.0 Å². The highest BCUT2D eigenvalue weighted by atomic mass is 16.2. The molecule has 29 heavy (non-hydrogen) atoms. The Hall–Kier alpha value is -0.340. The van der Waals surface area contributed by atoms with E-state index in [9.17, 15) is 5.11 Å². The van der Waals surface area contributed by atoms with E-state index in [4.69, 9.17) is 0 Å². The molecule has 2 saturated carbocycles. The Kier molecular flexibility index (Phi) is 5.03. The highest BCUT2D eigenvalue weighted by molar-refractivity contribution is 5.23. The van der Waals surface area contributed by atoms with Crippen LogP contribution in [0.1, 0.15) is 86.0 Å². The Balaban J connectivity index is 1.45. The van der Waals surface area contributed by atoms with Crippen LogP contribution in [0.2, 0.25) is 0 Å². The van der Waals surface area contributed by atoms with Gasteiger partial charge in [-0.3, -0.25) is 4.90 Å². The summed E-state index contributed by atoms with van der Waals surface area (Å²) in [4.78, 5) is 3.01. The number of aliphatic hydroxyl groups excluding tert-OH is 1. The molecule has 1 N–H and O–H groups in total. The summed E-state index contributed by atoms with van der Waals surface area (Å²) in [5.74, 6) is 5.33. The second-order valence-corrected chi connectivity index (χ2v) is 12.4. The smallest absolute Gasteiger partial charge is 0.0431 e. The first-order valence-corrected chi connectivity index (χ1v) is 12.8. The molecule has 0 aromatic carbocycles. The maximum absolute atomic E-state index is 9.53. The molecule has 0 aromatic rings. The van der Waals surface area contributed by atoms with Gasteiger partial charge in [0.2, 0.25) is 0 Å². The zero-order valence-electron chi connectivity index (χ0n) is 19.7.